The molecular formula is C19H20ClF3N2. The maximum atomic E-state index is 13.1. The number of hydrogen-bond donors (Lipinski definition) is 2. The lowest BCUT2D eigenvalue weighted by molar-refractivity contribution is -0.0980. The minimum absolute atomic E-state index is 0.462. The van der Waals surface area contributed by atoms with Crippen molar-refractivity contribution in [3.63, 3.8) is 0 Å². The molecule has 2 nitrogen and oxygen atoms in total. The summed E-state index contributed by atoms with van der Waals surface area (Å²) in [7, 11) is 0. The Hall–Kier alpha value is -2.14. The molecular weight excluding hydrogens is 349 g/mol. The summed E-state index contributed by atoms with van der Waals surface area (Å²) in [6, 6.07) is 13.7. The maximum absolute atomic E-state index is 13.1. The third-order valence-corrected chi connectivity index (χ3v) is 4.21. The van der Waals surface area contributed by atoms with E-state index in [0.29, 0.717) is 23.6 Å². The molecule has 25 heavy (non-hydrogen) atoms. The van der Waals surface area contributed by atoms with Gasteiger partial charge in [-0.1, -0.05) is 48.0 Å². The van der Waals surface area contributed by atoms with Gasteiger partial charge in [-0.2, -0.15) is 13.2 Å². The zero-order valence-electron chi connectivity index (χ0n) is 13.8. The first kappa shape index (κ1) is 19.2. The summed E-state index contributed by atoms with van der Waals surface area (Å²) >= 11 is 5.89. The van der Waals surface area contributed by atoms with Crippen LogP contribution in [0.1, 0.15) is 30.5 Å². The Labute approximate surface area is 150 Å². The number of nitrogens with two attached hydrogens (primary N) is 1. The van der Waals surface area contributed by atoms with Crippen LogP contribution in [0.2, 0.25) is 5.02 Å². The summed E-state index contributed by atoms with van der Waals surface area (Å²) in [5.74, 6) is 0. The second-order valence-corrected chi connectivity index (χ2v) is 6.12. The first-order valence-electron chi connectivity index (χ1n) is 7.90. The molecule has 0 aliphatic rings. The average molecular weight is 369 g/mol. The number of allylic oxidation sites excluding steroid dienone is 2. The van der Waals surface area contributed by atoms with Crippen LogP contribution < -0.4 is 11.1 Å². The highest BCUT2D eigenvalue weighted by atomic mass is 35.5. The van der Waals surface area contributed by atoms with Crippen molar-refractivity contribution in [2.45, 2.75) is 32.0 Å². The number of hydrogen-bond acceptors (Lipinski definition) is 2. The van der Waals surface area contributed by atoms with Gasteiger partial charge in [-0.05, 0) is 49.1 Å². The van der Waals surface area contributed by atoms with Gasteiger partial charge < -0.3 is 11.1 Å². The van der Waals surface area contributed by atoms with E-state index in [1.165, 1.54) is 6.92 Å². The van der Waals surface area contributed by atoms with Crippen LogP contribution in [0.3, 0.4) is 0 Å². The van der Waals surface area contributed by atoms with Crippen LogP contribution in [0.15, 0.2) is 60.3 Å². The second-order valence-electron chi connectivity index (χ2n) is 5.69. The van der Waals surface area contributed by atoms with Gasteiger partial charge in [0.05, 0.1) is 6.04 Å². The number of rotatable bonds is 6. The summed E-state index contributed by atoms with van der Waals surface area (Å²) in [6.45, 7) is 1.37. The van der Waals surface area contributed by atoms with Gasteiger partial charge in [0.15, 0.2) is 0 Å². The monoisotopic (exact) mass is 368 g/mol. The van der Waals surface area contributed by atoms with Crippen LogP contribution in [0, 0.1) is 0 Å². The van der Waals surface area contributed by atoms with E-state index in [0.717, 1.165) is 17.2 Å². The molecule has 1 unspecified atom stereocenters. The van der Waals surface area contributed by atoms with Crippen molar-refractivity contribution in [1.82, 2.24) is 5.32 Å². The first-order valence-corrected chi connectivity index (χ1v) is 8.28. The van der Waals surface area contributed by atoms with Crippen molar-refractivity contribution in [3.05, 3.63) is 76.5 Å². The number of benzene rings is 2. The number of halogens is 4. The van der Waals surface area contributed by atoms with Gasteiger partial charge in [-0.15, -0.1) is 0 Å². The molecule has 0 bridgehead atoms. The van der Waals surface area contributed by atoms with Gasteiger partial charge in [-0.25, -0.2) is 0 Å². The van der Waals surface area contributed by atoms with Gasteiger partial charge in [0.25, 0.3) is 0 Å². The van der Waals surface area contributed by atoms with Gasteiger partial charge >= 0.3 is 6.18 Å². The van der Waals surface area contributed by atoms with E-state index in [-0.39, 0.29) is 0 Å². The Morgan fingerprint density at radius 3 is 2.36 bits per heavy atom. The highest BCUT2D eigenvalue weighted by Gasteiger charge is 2.34. The van der Waals surface area contributed by atoms with E-state index in [9.17, 15) is 13.2 Å². The van der Waals surface area contributed by atoms with Gasteiger partial charge in [0, 0.05) is 10.7 Å². The van der Waals surface area contributed by atoms with Crippen molar-refractivity contribution in [1.29, 1.82) is 0 Å². The number of anilines is 1. The molecule has 0 radical (unpaired) electrons. The standard InChI is InChI=1S/C19H20ClF3N2/c1-2-18(19(21,22)23)25-17(14-7-10-15(20)11-8-14)12-9-13-5-3-4-6-16(13)24/h2-8,10-11,17,25H,9,12,24H2,1H3/b18-2-. The maximum Gasteiger partial charge on any atom is 0.430 e. The lowest BCUT2D eigenvalue weighted by Gasteiger charge is -2.24. The van der Waals surface area contributed by atoms with Crippen molar-refractivity contribution in [2.75, 3.05) is 5.73 Å². The zero-order chi connectivity index (χ0) is 18.4. The minimum Gasteiger partial charge on any atom is -0.399 e. The summed E-state index contributed by atoms with van der Waals surface area (Å²) in [5.41, 5.74) is 7.47. The highest BCUT2D eigenvalue weighted by molar-refractivity contribution is 6.30. The van der Waals surface area contributed by atoms with E-state index in [4.69, 9.17) is 17.3 Å². The molecule has 2 rings (SSSR count). The van der Waals surface area contributed by atoms with E-state index in [1.807, 2.05) is 18.2 Å². The number of nitrogen functional groups attached to an aromatic ring is 1. The number of aryl methyl sites for hydroxylation is 1. The van der Waals surface area contributed by atoms with Crippen molar-refractivity contribution in [2.24, 2.45) is 0 Å². The lowest BCUT2D eigenvalue weighted by Crippen LogP contribution is -2.30. The predicted octanol–water partition coefficient (Wildman–Crippen LogP) is 5.65. The van der Waals surface area contributed by atoms with Crippen molar-refractivity contribution >= 4 is 17.3 Å². The summed E-state index contributed by atoms with van der Waals surface area (Å²) < 4.78 is 39.3. The quantitative estimate of drug-likeness (QED) is 0.646. The zero-order valence-corrected chi connectivity index (χ0v) is 14.5. The summed E-state index contributed by atoms with van der Waals surface area (Å²) in [5, 5.41) is 3.16. The van der Waals surface area contributed by atoms with Crippen molar-refractivity contribution < 1.29 is 13.2 Å². The Kier molecular flexibility index (Phi) is 6.37. The highest BCUT2D eigenvalue weighted by Crippen LogP contribution is 2.29. The molecule has 0 spiro atoms. The van der Waals surface area contributed by atoms with Gasteiger partial charge in [-0.3, -0.25) is 0 Å². The fourth-order valence-electron chi connectivity index (χ4n) is 2.60. The Morgan fingerprint density at radius 2 is 1.80 bits per heavy atom. The molecule has 6 heteroatoms. The molecule has 2 aromatic carbocycles. The Balaban J connectivity index is 2.23. The molecule has 0 saturated carbocycles. The van der Waals surface area contributed by atoms with E-state index in [2.05, 4.69) is 5.32 Å². The molecule has 0 saturated heterocycles. The van der Waals surface area contributed by atoms with Crippen LogP contribution in [-0.2, 0) is 6.42 Å². The normalized spacial score (nSPS) is 13.6. The van der Waals surface area contributed by atoms with Crippen LogP contribution in [0.25, 0.3) is 0 Å². The predicted molar refractivity (Wildman–Crippen MR) is 96.3 cm³/mol. The topological polar surface area (TPSA) is 38.0 Å². The number of para-hydroxylation sites is 1. The van der Waals surface area contributed by atoms with E-state index >= 15 is 0 Å². The average Bonchev–Trinajstić information content (AvgIpc) is 2.56. The molecule has 2 aromatic rings. The second kappa shape index (κ2) is 8.30. The Morgan fingerprint density at radius 1 is 1.16 bits per heavy atom. The molecule has 0 aliphatic heterocycles. The summed E-state index contributed by atoms with van der Waals surface area (Å²) in [4.78, 5) is 0. The Bertz CT molecular complexity index is 724. The molecule has 3 N–H and O–H groups in total. The molecule has 1 atom stereocenters. The summed E-state index contributed by atoms with van der Waals surface area (Å²) in [6.07, 6.45) is -2.36. The van der Waals surface area contributed by atoms with Crippen LogP contribution in [0.4, 0.5) is 18.9 Å². The van der Waals surface area contributed by atoms with Gasteiger partial charge in [0.1, 0.15) is 5.70 Å². The molecule has 0 heterocycles. The first-order chi connectivity index (χ1) is 11.8. The SMILES string of the molecule is C/C=C(\NC(CCc1ccccc1N)c1ccc(Cl)cc1)C(F)(F)F. The van der Waals surface area contributed by atoms with Crippen LogP contribution in [0.5, 0.6) is 0 Å². The third-order valence-electron chi connectivity index (χ3n) is 3.95. The van der Waals surface area contributed by atoms with Gasteiger partial charge in [0.2, 0.25) is 0 Å². The molecule has 0 amide bonds. The van der Waals surface area contributed by atoms with E-state index < -0.39 is 17.9 Å². The van der Waals surface area contributed by atoms with E-state index in [1.54, 1.807) is 30.3 Å². The molecule has 0 aromatic heterocycles. The minimum atomic E-state index is -4.43. The lowest BCUT2D eigenvalue weighted by atomic mass is 9.98. The molecule has 0 aliphatic carbocycles. The fourth-order valence-corrected chi connectivity index (χ4v) is 2.72. The third kappa shape index (κ3) is 5.43. The van der Waals surface area contributed by atoms with Crippen molar-refractivity contribution in [3.8, 4) is 0 Å². The number of nitrogens with one attached hydrogen (secondary N) is 1. The molecule has 0 fully saturated rings. The van der Waals surface area contributed by atoms with Crippen LogP contribution >= 0.6 is 11.6 Å². The largest absolute Gasteiger partial charge is 0.430 e. The fraction of sp³-hybridized carbons (Fsp3) is 0.263. The van der Waals surface area contributed by atoms with Crippen LogP contribution in [-0.4, -0.2) is 6.18 Å². The smallest absolute Gasteiger partial charge is 0.399 e. The molecule has 134 valence electrons. The number of alkyl halides is 3.